The number of methoxy groups -OCH3 is 1. The van der Waals surface area contributed by atoms with Crippen molar-refractivity contribution in [1.29, 1.82) is 0 Å². The summed E-state index contributed by atoms with van der Waals surface area (Å²) in [5.74, 6) is -0.245. The van der Waals surface area contributed by atoms with Gasteiger partial charge in [-0.3, -0.25) is 4.79 Å². The zero-order valence-electron chi connectivity index (χ0n) is 8.71. The van der Waals surface area contributed by atoms with Gasteiger partial charge < -0.3 is 14.6 Å². The van der Waals surface area contributed by atoms with Gasteiger partial charge in [0.2, 0.25) is 0 Å². The fourth-order valence-corrected chi connectivity index (χ4v) is 0.413. The normalized spacial score (nSPS) is 8.62. The van der Waals surface area contributed by atoms with Crippen molar-refractivity contribution >= 4 is 5.97 Å². The smallest absolute Gasteiger partial charge is 0.302 e. The molecule has 0 saturated carbocycles. The van der Waals surface area contributed by atoms with Gasteiger partial charge >= 0.3 is 5.97 Å². The first kappa shape index (κ1) is 14.9. The molecule has 0 saturated heterocycles. The van der Waals surface area contributed by atoms with Crippen molar-refractivity contribution in [2.24, 2.45) is 0 Å². The zero-order chi connectivity index (χ0) is 10.5. The van der Waals surface area contributed by atoms with E-state index in [1.165, 1.54) is 14.0 Å². The number of hydrogen-bond acceptors (Lipinski definition) is 4. The van der Waals surface area contributed by atoms with Crippen molar-refractivity contribution < 1.29 is 19.4 Å². The summed E-state index contributed by atoms with van der Waals surface area (Å²) >= 11 is 0. The van der Waals surface area contributed by atoms with E-state index in [4.69, 9.17) is 9.84 Å². The number of ether oxygens (including phenoxy) is 2. The minimum Gasteiger partial charge on any atom is -0.469 e. The number of carbonyl (C=O) groups is 1. The number of aliphatic hydroxyl groups excluding tert-OH is 1. The molecule has 1 N–H and O–H groups in total. The van der Waals surface area contributed by atoms with Crippen LogP contribution in [0.15, 0.2) is 0 Å². The number of unbranched alkanes of at least 4 members (excludes halogenated alkanes) is 1. The van der Waals surface area contributed by atoms with E-state index in [1.54, 1.807) is 0 Å². The van der Waals surface area contributed by atoms with Crippen LogP contribution in [0.2, 0.25) is 0 Å². The van der Waals surface area contributed by atoms with Crippen LogP contribution in [0.1, 0.15) is 26.7 Å². The molecule has 0 unspecified atom stereocenters. The van der Waals surface area contributed by atoms with Gasteiger partial charge in [-0.15, -0.1) is 0 Å². The van der Waals surface area contributed by atoms with E-state index in [0.717, 1.165) is 19.4 Å². The first-order chi connectivity index (χ1) is 6.18. The molecule has 0 aliphatic heterocycles. The van der Waals surface area contributed by atoms with Gasteiger partial charge in [-0.2, -0.15) is 0 Å². The molecule has 80 valence electrons. The summed E-state index contributed by atoms with van der Waals surface area (Å²) in [5.41, 5.74) is 0. The molecule has 0 atom stereocenters. The molecule has 4 heteroatoms. The Labute approximate surface area is 79.8 Å². The minimum atomic E-state index is -0.245. The number of carbonyl (C=O) groups excluding carboxylic acids is 1. The molecule has 0 amide bonds. The first-order valence-corrected chi connectivity index (χ1v) is 4.42. The Hall–Kier alpha value is -0.610. The highest BCUT2D eigenvalue weighted by molar-refractivity contribution is 5.65. The van der Waals surface area contributed by atoms with Gasteiger partial charge in [-0.05, 0) is 6.42 Å². The Morgan fingerprint density at radius 3 is 2.23 bits per heavy atom. The Kier molecular flexibility index (Phi) is 16.0. The van der Waals surface area contributed by atoms with Gasteiger partial charge in [-0.1, -0.05) is 13.3 Å². The second-order valence-corrected chi connectivity index (χ2v) is 2.39. The highest BCUT2D eigenvalue weighted by Gasteiger charge is 1.82. The van der Waals surface area contributed by atoms with Crippen molar-refractivity contribution in [3.05, 3.63) is 0 Å². The fraction of sp³-hybridized carbons (Fsp3) is 0.889. The summed E-state index contributed by atoms with van der Waals surface area (Å²) in [4.78, 5) is 9.59. The van der Waals surface area contributed by atoms with Crippen LogP contribution in [0.25, 0.3) is 0 Å². The molecule has 0 aliphatic rings. The van der Waals surface area contributed by atoms with Gasteiger partial charge in [0.1, 0.15) is 0 Å². The highest BCUT2D eigenvalue weighted by atomic mass is 16.5. The topological polar surface area (TPSA) is 55.8 Å². The van der Waals surface area contributed by atoms with E-state index in [2.05, 4.69) is 11.7 Å². The second-order valence-electron chi connectivity index (χ2n) is 2.39. The summed E-state index contributed by atoms with van der Waals surface area (Å²) in [6.45, 7) is 4.89. The molecule has 0 spiro atoms. The monoisotopic (exact) mass is 192 g/mol. The molecular formula is C9H20O4. The van der Waals surface area contributed by atoms with E-state index in [0.29, 0.717) is 6.61 Å². The number of aliphatic hydroxyl groups is 1. The van der Waals surface area contributed by atoms with Crippen molar-refractivity contribution in [2.45, 2.75) is 26.7 Å². The minimum absolute atomic E-state index is 0.143. The van der Waals surface area contributed by atoms with E-state index in [-0.39, 0.29) is 12.6 Å². The second kappa shape index (κ2) is 13.9. The van der Waals surface area contributed by atoms with Crippen LogP contribution >= 0.6 is 0 Å². The van der Waals surface area contributed by atoms with Crippen LogP contribution in [0.3, 0.4) is 0 Å². The average molecular weight is 192 g/mol. The number of rotatable bonds is 5. The molecule has 0 aromatic carbocycles. The third-order valence-corrected chi connectivity index (χ3v) is 1.17. The SMILES string of the molecule is CCCCOCCO.COC(C)=O. The lowest BCUT2D eigenvalue weighted by Crippen LogP contribution is -1.99. The Bertz CT molecular complexity index is 97.8. The Balaban J connectivity index is 0. The Morgan fingerprint density at radius 2 is 1.92 bits per heavy atom. The largest absolute Gasteiger partial charge is 0.469 e. The van der Waals surface area contributed by atoms with Crippen molar-refractivity contribution in [2.75, 3.05) is 26.9 Å². The van der Waals surface area contributed by atoms with Crippen molar-refractivity contribution in [3.8, 4) is 0 Å². The zero-order valence-corrected chi connectivity index (χ0v) is 8.71. The van der Waals surface area contributed by atoms with Crippen LogP contribution in [-0.4, -0.2) is 38.0 Å². The molecule has 0 aliphatic carbocycles. The van der Waals surface area contributed by atoms with Crippen LogP contribution in [-0.2, 0) is 14.3 Å². The standard InChI is InChI=1S/C6H14O2.C3H6O2/c1-2-3-5-8-6-4-7;1-3(4)5-2/h7H,2-6H2,1H3;1-2H3. The molecule has 0 bridgehead atoms. The van der Waals surface area contributed by atoms with E-state index in [1.807, 2.05) is 0 Å². The van der Waals surface area contributed by atoms with Crippen LogP contribution in [0.5, 0.6) is 0 Å². The van der Waals surface area contributed by atoms with Crippen LogP contribution in [0.4, 0.5) is 0 Å². The predicted molar refractivity (Wildman–Crippen MR) is 50.5 cm³/mol. The molecule has 0 aromatic heterocycles. The van der Waals surface area contributed by atoms with Gasteiger partial charge in [0.15, 0.2) is 0 Å². The summed E-state index contributed by atoms with van der Waals surface area (Å²) in [6.07, 6.45) is 2.26. The molecule has 0 aromatic rings. The maximum absolute atomic E-state index is 9.59. The van der Waals surface area contributed by atoms with Crippen molar-refractivity contribution in [3.63, 3.8) is 0 Å². The third-order valence-electron chi connectivity index (χ3n) is 1.17. The Morgan fingerprint density at radius 1 is 1.38 bits per heavy atom. The van der Waals surface area contributed by atoms with Gasteiger partial charge in [0.25, 0.3) is 0 Å². The van der Waals surface area contributed by atoms with Crippen LogP contribution < -0.4 is 0 Å². The van der Waals surface area contributed by atoms with E-state index >= 15 is 0 Å². The summed E-state index contributed by atoms with van der Waals surface area (Å²) in [6, 6.07) is 0. The lowest BCUT2D eigenvalue weighted by Gasteiger charge is -1.97. The maximum Gasteiger partial charge on any atom is 0.302 e. The molecule has 4 nitrogen and oxygen atoms in total. The summed E-state index contributed by atoms with van der Waals surface area (Å²) in [5, 5.41) is 8.24. The summed E-state index contributed by atoms with van der Waals surface area (Å²) in [7, 11) is 1.35. The predicted octanol–water partition coefficient (Wildman–Crippen LogP) is 0.975. The van der Waals surface area contributed by atoms with Gasteiger partial charge in [0.05, 0.1) is 20.3 Å². The lowest BCUT2D eigenvalue weighted by molar-refractivity contribution is -0.137. The molecule has 0 radical (unpaired) electrons. The van der Waals surface area contributed by atoms with Gasteiger partial charge in [-0.25, -0.2) is 0 Å². The lowest BCUT2D eigenvalue weighted by atomic mass is 10.4. The highest BCUT2D eigenvalue weighted by Crippen LogP contribution is 1.85. The molecule has 0 heterocycles. The number of hydrogen-bond donors (Lipinski definition) is 1. The van der Waals surface area contributed by atoms with E-state index in [9.17, 15) is 4.79 Å². The average Bonchev–Trinajstić information content (AvgIpc) is 2.14. The van der Waals surface area contributed by atoms with Crippen LogP contribution in [0, 0.1) is 0 Å². The summed E-state index contributed by atoms with van der Waals surface area (Å²) < 4.78 is 9.08. The quantitative estimate of drug-likeness (QED) is 0.521. The molecular weight excluding hydrogens is 172 g/mol. The van der Waals surface area contributed by atoms with Gasteiger partial charge in [0, 0.05) is 13.5 Å². The van der Waals surface area contributed by atoms with E-state index < -0.39 is 0 Å². The molecule has 0 rings (SSSR count). The fourth-order valence-electron chi connectivity index (χ4n) is 0.413. The molecule has 13 heavy (non-hydrogen) atoms. The number of esters is 1. The van der Waals surface area contributed by atoms with Crippen molar-refractivity contribution in [1.82, 2.24) is 0 Å². The molecule has 0 fully saturated rings. The first-order valence-electron chi connectivity index (χ1n) is 4.42. The maximum atomic E-state index is 9.59. The third kappa shape index (κ3) is 24.6.